The van der Waals surface area contributed by atoms with Crippen LogP contribution in [0.1, 0.15) is 58.3 Å². The third kappa shape index (κ3) is 3.71. The third-order valence-electron chi connectivity index (χ3n) is 4.61. The molecule has 0 aromatic carbocycles. The standard InChI is InChI=1S/C15H26N2/c1-2-4-14-5-3-11-17(12-6-14)13-15(7-8-15)9-10-16/h14H,2-9,11-13H2,1H3. The minimum atomic E-state index is 0.402. The van der Waals surface area contributed by atoms with Gasteiger partial charge >= 0.3 is 0 Å². The quantitative estimate of drug-likeness (QED) is 0.727. The maximum absolute atomic E-state index is 8.87. The second-order valence-corrected chi connectivity index (χ2v) is 6.20. The molecule has 1 heterocycles. The van der Waals surface area contributed by atoms with Crippen LogP contribution in [-0.2, 0) is 0 Å². The van der Waals surface area contributed by atoms with Gasteiger partial charge in [-0.05, 0) is 56.5 Å². The van der Waals surface area contributed by atoms with Crippen LogP contribution >= 0.6 is 0 Å². The van der Waals surface area contributed by atoms with E-state index in [-0.39, 0.29) is 0 Å². The molecule has 2 nitrogen and oxygen atoms in total. The van der Waals surface area contributed by atoms with Crippen molar-refractivity contribution in [3.05, 3.63) is 0 Å². The Morgan fingerprint density at radius 3 is 2.76 bits per heavy atom. The first-order chi connectivity index (χ1) is 8.28. The van der Waals surface area contributed by atoms with Gasteiger partial charge in [-0.2, -0.15) is 5.26 Å². The zero-order valence-electron chi connectivity index (χ0n) is 11.2. The minimum absolute atomic E-state index is 0.402. The molecule has 2 fully saturated rings. The topological polar surface area (TPSA) is 27.0 Å². The van der Waals surface area contributed by atoms with Crippen LogP contribution < -0.4 is 0 Å². The number of rotatable bonds is 5. The molecule has 96 valence electrons. The Morgan fingerprint density at radius 1 is 1.29 bits per heavy atom. The Kier molecular flexibility index (Phi) is 4.45. The van der Waals surface area contributed by atoms with Crippen LogP contribution in [0.5, 0.6) is 0 Å². The first-order valence-electron chi connectivity index (χ1n) is 7.37. The lowest BCUT2D eigenvalue weighted by Crippen LogP contribution is -2.31. The molecule has 2 aliphatic rings. The van der Waals surface area contributed by atoms with E-state index in [9.17, 15) is 0 Å². The maximum Gasteiger partial charge on any atom is 0.0628 e. The first kappa shape index (κ1) is 12.9. The van der Waals surface area contributed by atoms with Crippen LogP contribution in [-0.4, -0.2) is 24.5 Å². The van der Waals surface area contributed by atoms with Gasteiger partial charge < -0.3 is 4.90 Å². The molecule has 0 aromatic heterocycles. The highest BCUT2D eigenvalue weighted by Gasteiger charge is 2.43. The summed E-state index contributed by atoms with van der Waals surface area (Å²) in [6, 6.07) is 2.38. The lowest BCUT2D eigenvalue weighted by atomic mass is 9.96. The fourth-order valence-electron chi connectivity index (χ4n) is 3.29. The van der Waals surface area contributed by atoms with Crippen LogP contribution in [0.15, 0.2) is 0 Å². The van der Waals surface area contributed by atoms with Crippen LogP contribution in [0.25, 0.3) is 0 Å². The van der Waals surface area contributed by atoms with Gasteiger partial charge in [-0.3, -0.25) is 0 Å². The largest absolute Gasteiger partial charge is 0.303 e. The highest BCUT2D eigenvalue weighted by Crippen LogP contribution is 2.49. The monoisotopic (exact) mass is 234 g/mol. The molecule has 0 aromatic rings. The molecule has 2 rings (SSSR count). The highest BCUT2D eigenvalue weighted by atomic mass is 15.1. The number of nitriles is 1. The normalized spacial score (nSPS) is 28.4. The second kappa shape index (κ2) is 5.87. The van der Waals surface area contributed by atoms with Gasteiger partial charge in [0.05, 0.1) is 6.07 Å². The molecule has 1 aliphatic heterocycles. The molecule has 0 N–H and O–H groups in total. The zero-order chi connectivity index (χ0) is 12.1. The summed E-state index contributed by atoms with van der Waals surface area (Å²) < 4.78 is 0. The molecule has 1 atom stereocenters. The predicted octanol–water partition coefficient (Wildman–Crippen LogP) is 3.58. The van der Waals surface area contributed by atoms with E-state index in [0.717, 1.165) is 12.3 Å². The Balaban J connectivity index is 1.77. The average Bonchev–Trinajstić information content (AvgIpc) is 3.07. The zero-order valence-corrected chi connectivity index (χ0v) is 11.2. The van der Waals surface area contributed by atoms with Gasteiger partial charge in [-0.1, -0.05) is 19.8 Å². The number of likely N-dealkylation sites (tertiary alicyclic amines) is 1. The van der Waals surface area contributed by atoms with Gasteiger partial charge in [0.2, 0.25) is 0 Å². The van der Waals surface area contributed by atoms with Crippen LogP contribution in [0.4, 0.5) is 0 Å². The molecule has 1 saturated heterocycles. The van der Waals surface area contributed by atoms with Crippen molar-refractivity contribution in [3.8, 4) is 6.07 Å². The van der Waals surface area contributed by atoms with Crippen LogP contribution in [0, 0.1) is 22.7 Å². The number of hydrogen-bond donors (Lipinski definition) is 0. The predicted molar refractivity (Wildman–Crippen MR) is 70.6 cm³/mol. The molecule has 2 heteroatoms. The molecular weight excluding hydrogens is 208 g/mol. The summed E-state index contributed by atoms with van der Waals surface area (Å²) >= 11 is 0. The third-order valence-corrected chi connectivity index (χ3v) is 4.61. The van der Waals surface area contributed by atoms with E-state index < -0.39 is 0 Å². The smallest absolute Gasteiger partial charge is 0.0628 e. The fourth-order valence-corrected chi connectivity index (χ4v) is 3.29. The SMILES string of the molecule is CCCC1CCCN(CC2(CC#N)CC2)CC1. The van der Waals surface area contributed by atoms with Gasteiger partial charge in [-0.15, -0.1) is 0 Å². The van der Waals surface area contributed by atoms with Crippen molar-refractivity contribution in [2.75, 3.05) is 19.6 Å². The van der Waals surface area contributed by atoms with Gasteiger partial charge in [0.25, 0.3) is 0 Å². The van der Waals surface area contributed by atoms with Crippen molar-refractivity contribution in [2.45, 2.75) is 58.3 Å². The lowest BCUT2D eigenvalue weighted by molar-refractivity contribution is 0.225. The average molecular weight is 234 g/mol. The summed E-state index contributed by atoms with van der Waals surface area (Å²) in [6.07, 6.45) is 10.3. The van der Waals surface area contributed by atoms with Crippen LogP contribution in [0.2, 0.25) is 0 Å². The van der Waals surface area contributed by atoms with E-state index in [2.05, 4.69) is 17.9 Å². The van der Waals surface area contributed by atoms with Crippen molar-refractivity contribution < 1.29 is 0 Å². The molecule has 1 saturated carbocycles. The Bertz CT molecular complexity index is 275. The van der Waals surface area contributed by atoms with E-state index in [1.807, 2.05) is 0 Å². The van der Waals surface area contributed by atoms with Crippen molar-refractivity contribution in [3.63, 3.8) is 0 Å². The van der Waals surface area contributed by atoms with E-state index in [0.29, 0.717) is 5.41 Å². The van der Waals surface area contributed by atoms with E-state index in [4.69, 9.17) is 5.26 Å². The molecule has 17 heavy (non-hydrogen) atoms. The fraction of sp³-hybridized carbons (Fsp3) is 0.933. The lowest BCUT2D eigenvalue weighted by Gasteiger charge is -2.24. The van der Waals surface area contributed by atoms with Crippen molar-refractivity contribution in [1.82, 2.24) is 4.90 Å². The second-order valence-electron chi connectivity index (χ2n) is 6.20. The molecule has 1 aliphatic carbocycles. The molecule has 0 radical (unpaired) electrons. The highest BCUT2D eigenvalue weighted by molar-refractivity contribution is 5.01. The maximum atomic E-state index is 8.87. The minimum Gasteiger partial charge on any atom is -0.303 e. The molecular formula is C15H26N2. The molecule has 0 spiro atoms. The van der Waals surface area contributed by atoms with E-state index in [1.165, 1.54) is 64.6 Å². The van der Waals surface area contributed by atoms with Gasteiger partial charge in [-0.25, -0.2) is 0 Å². The van der Waals surface area contributed by atoms with Crippen LogP contribution in [0.3, 0.4) is 0 Å². The number of hydrogen-bond acceptors (Lipinski definition) is 2. The summed E-state index contributed by atoms with van der Waals surface area (Å²) in [7, 11) is 0. The molecule has 1 unspecified atom stereocenters. The van der Waals surface area contributed by atoms with Gasteiger partial charge in [0.1, 0.15) is 0 Å². The molecule has 0 bridgehead atoms. The summed E-state index contributed by atoms with van der Waals surface area (Å²) in [4.78, 5) is 2.64. The summed E-state index contributed by atoms with van der Waals surface area (Å²) in [5, 5.41) is 8.87. The Labute approximate surface area is 106 Å². The van der Waals surface area contributed by atoms with Gasteiger partial charge in [0.15, 0.2) is 0 Å². The van der Waals surface area contributed by atoms with E-state index in [1.54, 1.807) is 0 Å². The van der Waals surface area contributed by atoms with E-state index >= 15 is 0 Å². The summed E-state index contributed by atoms with van der Waals surface area (Å²) in [5.74, 6) is 0.969. The molecule has 0 amide bonds. The first-order valence-corrected chi connectivity index (χ1v) is 7.37. The summed E-state index contributed by atoms with van der Waals surface area (Å²) in [5.41, 5.74) is 0.402. The Hall–Kier alpha value is -0.550. The van der Waals surface area contributed by atoms with Crippen molar-refractivity contribution in [2.24, 2.45) is 11.3 Å². The van der Waals surface area contributed by atoms with Gasteiger partial charge in [0, 0.05) is 13.0 Å². The van der Waals surface area contributed by atoms with Crippen molar-refractivity contribution in [1.29, 1.82) is 5.26 Å². The summed E-state index contributed by atoms with van der Waals surface area (Å²) in [6.45, 7) is 6.04. The number of nitrogens with zero attached hydrogens (tertiary/aromatic N) is 2. The Morgan fingerprint density at radius 2 is 2.12 bits per heavy atom. The van der Waals surface area contributed by atoms with Crippen molar-refractivity contribution >= 4 is 0 Å².